The second-order valence-electron chi connectivity index (χ2n) is 3.93. The Kier molecular flexibility index (Phi) is 4.98. The van der Waals surface area contributed by atoms with Crippen LogP contribution in [-0.2, 0) is 10.2 Å². The van der Waals surface area contributed by atoms with Gasteiger partial charge in [-0.1, -0.05) is 19.8 Å². The molecule has 1 fully saturated rings. The summed E-state index contributed by atoms with van der Waals surface area (Å²) in [6.07, 6.45) is 4.17. The Labute approximate surface area is 92.2 Å². The van der Waals surface area contributed by atoms with Crippen molar-refractivity contribution in [2.45, 2.75) is 45.2 Å². The molecule has 0 aliphatic carbocycles. The van der Waals surface area contributed by atoms with Gasteiger partial charge in [0.15, 0.2) is 0 Å². The smallest absolute Gasteiger partial charge is 0.280 e. The van der Waals surface area contributed by atoms with Crippen LogP contribution in [0.15, 0.2) is 0 Å². The Morgan fingerprint density at radius 3 is 2.80 bits per heavy atom. The van der Waals surface area contributed by atoms with Crippen molar-refractivity contribution in [3.63, 3.8) is 0 Å². The molecule has 0 aromatic heterocycles. The molecule has 3 N–H and O–H groups in total. The van der Waals surface area contributed by atoms with E-state index >= 15 is 0 Å². The highest BCUT2D eigenvalue weighted by atomic mass is 32.2. The van der Waals surface area contributed by atoms with Crippen molar-refractivity contribution in [3.8, 4) is 0 Å². The Bertz CT molecular complexity index is 279. The van der Waals surface area contributed by atoms with Crippen LogP contribution in [0, 0.1) is 0 Å². The minimum atomic E-state index is -3.36. The molecule has 15 heavy (non-hydrogen) atoms. The highest BCUT2D eigenvalue weighted by molar-refractivity contribution is 7.87. The first-order valence-electron chi connectivity index (χ1n) is 5.60. The number of hydrogen-bond acceptors (Lipinski definition) is 3. The van der Waals surface area contributed by atoms with Crippen LogP contribution in [0.2, 0.25) is 0 Å². The minimum Gasteiger partial charge on any atom is -0.315 e. The van der Waals surface area contributed by atoms with E-state index in [1.807, 2.05) is 6.92 Å². The molecule has 0 aromatic carbocycles. The average Bonchev–Trinajstić information content (AvgIpc) is 2.40. The van der Waals surface area contributed by atoms with Crippen molar-refractivity contribution in [1.82, 2.24) is 9.03 Å². The topological polar surface area (TPSA) is 75.4 Å². The van der Waals surface area contributed by atoms with Gasteiger partial charge in [-0.25, -0.2) is 4.72 Å². The van der Waals surface area contributed by atoms with Crippen LogP contribution in [0.5, 0.6) is 0 Å². The van der Waals surface area contributed by atoms with E-state index in [4.69, 9.17) is 5.73 Å². The Hall–Kier alpha value is -0.170. The molecule has 1 heterocycles. The lowest BCUT2D eigenvalue weighted by Gasteiger charge is -2.25. The van der Waals surface area contributed by atoms with Gasteiger partial charge < -0.3 is 5.73 Å². The van der Waals surface area contributed by atoms with Crippen molar-refractivity contribution in [1.29, 1.82) is 0 Å². The van der Waals surface area contributed by atoms with Crippen LogP contribution < -0.4 is 10.5 Å². The third-order valence-corrected chi connectivity index (χ3v) is 4.23. The molecule has 1 aliphatic heterocycles. The van der Waals surface area contributed by atoms with Crippen LogP contribution >= 0.6 is 0 Å². The number of nitrogens with zero attached hydrogens (tertiary/aromatic N) is 1. The van der Waals surface area contributed by atoms with Crippen LogP contribution in [0.1, 0.15) is 39.0 Å². The summed E-state index contributed by atoms with van der Waals surface area (Å²) < 4.78 is 27.6. The summed E-state index contributed by atoms with van der Waals surface area (Å²) in [5.74, 6) is 0. The highest BCUT2D eigenvalue weighted by Crippen LogP contribution is 2.15. The number of rotatable bonds is 4. The van der Waals surface area contributed by atoms with E-state index in [1.165, 1.54) is 4.31 Å². The lowest BCUT2D eigenvalue weighted by molar-refractivity contribution is 0.325. The fourth-order valence-corrected chi connectivity index (χ4v) is 3.18. The van der Waals surface area contributed by atoms with E-state index in [2.05, 4.69) is 4.72 Å². The van der Waals surface area contributed by atoms with Crippen LogP contribution in [0.25, 0.3) is 0 Å². The van der Waals surface area contributed by atoms with Gasteiger partial charge in [0.1, 0.15) is 0 Å². The zero-order valence-electron chi connectivity index (χ0n) is 9.28. The SMILES string of the molecule is CCCNS(=O)(=O)N1CCCCCC1N. The average molecular weight is 235 g/mol. The van der Waals surface area contributed by atoms with Gasteiger partial charge in [-0.2, -0.15) is 12.7 Å². The van der Waals surface area contributed by atoms with Gasteiger partial charge >= 0.3 is 0 Å². The van der Waals surface area contributed by atoms with Gasteiger partial charge in [0.05, 0.1) is 6.17 Å². The number of hydrogen-bond donors (Lipinski definition) is 2. The minimum absolute atomic E-state index is 0.359. The molecule has 0 radical (unpaired) electrons. The van der Waals surface area contributed by atoms with E-state index in [-0.39, 0.29) is 6.17 Å². The van der Waals surface area contributed by atoms with E-state index in [9.17, 15) is 8.42 Å². The third kappa shape index (κ3) is 3.71. The lowest BCUT2D eigenvalue weighted by atomic mass is 10.2. The van der Waals surface area contributed by atoms with E-state index < -0.39 is 10.2 Å². The monoisotopic (exact) mass is 235 g/mol. The zero-order chi connectivity index (χ0) is 11.3. The first kappa shape index (κ1) is 12.9. The molecule has 0 amide bonds. The summed E-state index contributed by atoms with van der Waals surface area (Å²) in [4.78, 5) is 0. The number of nitrogens with two attached hydrogens (primary N) is 1. The molecule has 1 atom stereocenters. The van der Waals surface area contributed by atoms with Crippen LogP contribution in [-0.4, -0.2) is 32.0 Å². The van der Waals surface area contributed by atoms with Gasteiger partial charge in [-0.3, -0.25) is 0 Å². The molecule has 5 nitrogen and oxygen atoms in total. The fraction of sp³-hybridized carbons (Fsp3) is 1.00. The van der Waals surface area contributed by atoms with E-state index in [1.54, 1.807) is 0 Å². The van der Waals surface area contributed by atoms with Crippen LogP contribution in [0.3, 0.4) is 0 Å². The fourth-order valence-electron chi connectivity index (χ4n) is 1.72. The molecule has 0 saturated carbocycles. The molecule has 1 unspecified atom stereocenters. The lowest BCUT2D eigenvalue weighted by Crippen LogP contribution is -2.50. The largest absolute Gasteiger partial charge is 0.315 e. The molecule has 1 saturated heterocycles. The molecular weight excluding hydrogens is 214 g/mol. The second kappa shape index (κ2) is 5.79. The molecule has 6 heteroatoms. The standard InChI is InChI=1S/C9H21N3O2S/c1-2-7-11-15(13,14)12-8-5-3-4-6-9(12)10/h9,11H,2-8,10H2,1H3. The predicted molar refractivity (Wildman–Crippen MR) is 60.4 cm³/mol. The van der Waals surface area contributed by atoms with E-state index in [0.717, 1.165) is 32.1 Å². The van der Waals surface area contributed by atoms with Crippen molar-refractivity contribution >= 4 is 10.2 Å². The maximum Gasteiger partial charge on any atom is 0.280 e. The summed E-state index contributed by atoms with van der Waals surface area (Å²) in [5.41, 5.74) is 5.84. The highest BCUT2D eigenvalue weighted by Gasteiger charge is 2.27. The maximum atomic E-state index is 11.8. The third-order valence-electron chi connectivity index (χ3n) is 2.59. The zero-order valence-corrected chi connectivity index (χ0v) is 10.1. The molecule has 0 bridgehead atoms. The summed E-state index contributed by atoms with van der Waals surface area (Å²) in [5, 5.41) is 0. The normalized spacial score (nSPS) is 25.1. The first-order chi connectivity index (χ1) is 7.08. The van der Waals surface area contributed by atoms with Crippen LogP contribution in [0.4, 0.5) is 0 Å². The summed E-state index contributed by atoms with van der Waals surface area (Å²) >= 11 is 0. The van der Waals surface area contributed by atoms with Crippen molar-refractivity contribution in [2.75, 3.05) is 13.1 Å². The summed E-state index contributed by atoms with van der Waals surface area (Å²) in [7, 11) is -3.36. The van der Waals surface area contributed by atoms with Gasteiger partial charge in [0.2, 0.25) is 0 Å². The summed E-state index contributed by atoms with van der Waals surface area (Å²) in [6, 6.07) is 0. The number of nitrogens with one attached hydrogen (secondary N) is 1. The molecule has 90 valence electrons. The Morgan fingerprint density at radius 2 is 2.13 bits per heavy atom. The van der Waals surface area contributed by atoms with E-state index in [0.29, 0.717) is 13.1 Å². The molecule has 0 aromatic rings. The molecule has 1 aliphatic rings. The molecule has 0 spiro atoms. The summed E-state index contributed by atoms with van der Waals surface area (Å²) in [6.45, 7) is 2.96. The van der Waals surface area contributed by atoms with Gasteiger partial charge in [-0.05, 0) is 19.3 Å². The predicted octanol–water partition coefficient (Wildman–Crippen LogP) is 0.392. The first-order valence-corrected chi connectivity index (χ1v) is 7.04. The van der Waals surface area contributed by atoms with Crippen molar-refractivity contribution < 1.29 is 8.42 Å². The van der Waals surface area contributed by atoms with Gasteiger partial charge in [0, 0.05) is 13.1 Å². The maximum absolute atomic E-state index is 11.8. The Morgan fingerprint density at radius 1 is 1.40 bits per heavy atom. The van der Waals surface area contributed by atoms with Gasteiger partial charge in [0.25, 0.3) is 10.2 Å². The van der Waals surface area contributed by atoms with Crippen molar-refractivity contribution in [3.05, 3.63) is 0 Å². The van der Waals surface area contributed by atoms with Gasteiger partial charge in [-0.15, -0.1) is 0 Å². The quantitative estimate of drug-likeness (QED) is 0.740. The Balaban J connectivity index is 2.65. The molecular formula is C9H21N3O2S. The molecule has 1 rings (SSSR count). The second-order valence-corrected chi connectivity index (χ2v) is 5.63. The van der Waals surface area contributed by atoms with Crippen molar-refractivity contribution in [2.24, 2.45) is 5.73 Å².